The highest BCUT2D eigenvalue weighted by molar-refractivity contribution is 9.10. The molecule has 2 atom stereocenters. The van der Waals surface area contributed by atoms with Gasteiger partial charge in [0.1, 0.15) is 0 Å². The molecule has 0 aliphatic carbocycles. The van der Waals surface area contributed by atoms with Crippen LogP contribution in [0.4, 0.5) is 0 Å². The van der Waals surface area contributed by atoms with Crippen molar-refractivity contribution in [2.45, 2.75) is 24.9 Å². The maximum atomic E-state index is 6.40. The normalized spacial score (nSPS) is 22.2. The molecule has 112 valence electrons. The number of rotatable bonds is 4. The summed E-state index contributed by atoms with van der Waals surface area (Å²) in [6.45, 7) is 2.75. The van der Waals surface area contributed by atoms with Crippen molar-refractivity contribution in [2.75, 3.05) is 33.7 Å². The van der Waals surface area contributed by atoms with E-state index in [-0.39, 0.29) is 6.04 Å². The molecular weight excluding hydrogens is 338 g/mol. The Morgan fingerprint density at radius 3 is 2.85 bits per heavy atom. The minimum atomic E-state index is 0.207. The van der Waals surface area contributed by atoms with Crippen LogP contribution in [0, 0.1) is 0 Å². The molecule has 1 aliphatic rings. The average Bonchev–Trinajstić information content (AvgIpc) is 2.42. The zero-order valence-electron chi connectivity index (χ0n) is 12.1. The zero-order valence-corrected chi connectivity index (χ0v) is 14.5. The van der Waals surface area contributed by atoms with E-state index in [9.17, 15) is 0 Å². The van der Waals surface area contributed by atoms with E-state index in [0.29, 0.717) is 12.6 Å². The molecule has 3 nitrogen and oxygen atoms in total. The van der Waals surface area contributed by atoms with Crippen molar-refractivity contribution in [3.8, 4) is 0 Å². The van der Waals surface area contributed by atoms with Gasteiger partial charge in [0.15, 0.2) is 0 Å². The molecule has 2 rings (SSSR count). The molecule has 0 aromatic heterocycles. The predicted molar refractivity (Wildman–Crippen MR) is 89.2 cm³/mol. The van der Waals surface area contributed by atoms with Gasteiger partial charge in [-0.3, -0.25) is 4.90 Å². The third-order valence-corrected chi connectivity index (χ3v) is 4.96. The molecule has 1 aromatic rings. The number of likely N-dealkylation sites (N-methyl/N-ethyl adjacent to an activating group) is 1. The highest BCUT2D eigenvalue weighted by Gasteiger charge is 2.28. The minimum absolute atomic E-state index is 0.207. The van der Waals surface area contributed by atoms with Crippen molar-refractivity contribution in [3.63, 3.8) is 0 Å². The van der Waals surface area contributed by atoms with Gasteiger partial charge in [-0.25, -0.2) is 0 Å². The summed E-state index contributed by atoms with van der Waals surface area (Å²) < 4.78 is 1.01. The highest BCUT2D eigenvalue weighted by atomic mass is 79.9. The van der Waals surface area contributed by atoms with Gasteiger partial charge in [0.25, 0.3) is 0 Å². The van der Waals surface area contributed by atoms with E-state index in [1.807, 2.05) is 12.1 Å². The zero-order chi connectivity index (χ0) is 14.7. The van der Waals surface area contributed by atoms with Crippen LogP contribution in [0.25, 0.3) is 0 Å². The average molecular weight is 361 g/mol. The summed E-state index contributed by atoms with van der Waals surface area (Å²) in [6, 6.07) is 6.89. The lowest BCUT2D eigenvalue weighted by Gasteiger charge is -2.40. The maximum absolute atomic E-state index is 6.40. The van der Waals surface area contributed by atoms with Crippen molar-refractivity contribution in [2.24, 2.45) is 5.73 Å². The number of hydrogen-bond donors (Lipinski definition) is 1. The summed E-state index contributed by atoms with van der Waals surface area (Å²) in [7, 11) is 4.30. The second kappa shape index (κ2) is 7.23. The van der Waals surface area contributed by atoms with Crippen molar-refractivity contribution in [1.29, 1.82) is 0 Å². The van der Waals surface area contributed by atoms with Crippen LogP contribution in [0.1, 0.15) is 24.4 Å². The number of piperidine rings is 1. The Morgan fingerprint density at radius 1 is 1.50 bits per heavy atom. The SMILES string of the molecule is CN(C)C1CCCN(C(CN)c2ccc(Br)cc2Cl)C1. The van der Waals surface area contributed by atoms with E-state index in [2.05, 4.69) is 45.9 Å². The van der Waals surface area contributed by atoms with Crippen LogP contribution in [0.2, 0.25) is 5.02 Å². The first-order valence-corrected chi connectivity index (χ1v) is 8.25. The van der Waals surface area contributed by atoms with E-state index < -0.39 is 0 Å². The van der Waals surface area contributed by atoms with E-state index in [1.165, 1.54) is 12.8 Å². The standard InChI is InChI=1S/C15H23BrClN3/c1-19(2)12-4-3-7-20(10-12)15(9-18)13-6-5-11(16)8-14(13)17/h5-6,8,12,15H,3-4,7,9-10,18H2,1-2H3. The molecule has 0 radical (unpaired) electrons. The molecule has 2 N–H and O–H groups in total. The van der Waals surface area contributed by atoms with Gasteiger partial charge in [0.05, 0.1) is 0 Å². The lowest BCUT2D eigenvalue weighted by atomic mass is 9.99. The lowest BCUT2D eigenvalue weighted by Crippen LogP contribution is -2.47. The predicted octanol–water partition coefficient (Wildman–Crippen LogP) is 3.13. The summed E-state index contributed by atoms with van der Waals surface area (Å²) in [6.07, 6.45) is 2.47. The highest BCUT2D eigenvalue weighted by Crippen LogP contribution is 2.31. The summed E-state index contributed by atoms with van der Waals surface area (Å²) >= 11 is 9.85. The Kier molecular flexibility index (Phi) is 5.87. The molecule has 0 saturated carbocycles. The second-order valence-corrected chi connectivity index (χ2v) is 6.99. The summed E-state index contributed by atoms with van der Waals surface area (Å²) in [4.78, 5) is 4.78. The molecule has 1 heterocycles. The van der Waals surface area contributed by atoms with Gasteiger partial charge in [0, 0.05) is 34.7 Å². The Bertz CT molecular complexity index is 453. The first-order chi connectivity index (χ1) is 9.52. The van der Waals surface area contributed by atoms with Crippen LogP contribution < -0.4 is 5.73 Å². The first-order valence-electron chi connectivity index (χ1n) is 7.08. The quantitative estimate of drug-likeness (QED) is 0.895. The van der Waals surface area contributed by atoms with E-state index in [4.69, 9.17) is 17.3 Å². The van der Waals surface area contributed by atoms with Crippen molar-refractivity contribution in [3.05, 3.63) is 33.3 Å². The Balaban J connectivity index is 2.19. The van der Waals surface area contributed by atoms with Gasteiger partial charge < -0.3 is 10.6 Å². The molecule has 1 fully saturated rings. The fourth-order valence-electron chi connectivity index (χ4n) is 2.93. The van der Waals surface area contributed by atoms with Crippen LogP contribution in [0.5, 0.6) is 0 Å². The second-order valence-electron chi connectivity index (χ2n) is 5.67. The smallest absolute Gasteiger partial charge is 0.0485 e. The molecular formula is C15H23BrClN3. The van der Waals surface area contributed by atoms with E-state index >= 15 is 0 Å². The van der Waals surface area contributed by atoms with Crippen LogP contribution in [0.3, 0.4) is 0 Å². The van der Waals surface area contributed by atoms with Crippen LogP contribution in [-0.2, 0) is 0 Å². The summed E-state index contributed by atoms with van der Waals surface area (Å²) in [5.41, 5.74) is 7.17. The summed E-state index contributed by atoms with van der Waals surface area (Å²) in [5.74, 6) is 0. The number of nitrogens with zero attached hydrogens (tertiary/aromatic N) is 2. The molecule has 5 heteroatoms. The van der Waals surface area contributed by atoms with Gasteiger partial charge >= 0.3 is 0 Å². The van der Waals surface area contributed by atoms with Crippen molar-refractivity contribution < 1.29 is 0 Å². The van der Waals surface area contributed by atoms with Crippen LogP contribution in [0.15, 0.2) is 22.7 Å². The van der Waals surface area contributed by atoms with Crippen molar-refractivity contribution in [1.82, 2.24) is 9.80 Å². The molecule has 20 heavy (non-hydrogen) atoms. The largest absolute Gasteiger partial charge is 0.329 e. The lowest BCUT2D eigenvalue weighted by molar-refractivity contribution is 0.0984. The number of likely N-dealkylation sites (tertiary alicyclic amines) is 1. The van der Waals surface area contributed by atoms with Gasteiger partial charge in [-0.15, -0.1) is 0 Å². The van der Waals surface area contributed by atoms with E-state index in [0.717, 1.165) is 28.1 Å². The van der Waals surface area contributed by atoms with Gasteiger partial charge in [0.2, 0.25) is 0 Å². The fraction of sp³-hybridized carbons (Fsp3) is 0.600. The molecule has 1 aliphatic heterocycles. The Hall–Kier alpha value is -0.130. The number of hydrogen-bond acceptors (Lipinski definition) is 3. The molecule has 0 spiro atoms. The number of halogens is 2. The molecule has 0 amide bonds. The monoisotopic (exact) mass is 359 g/mol. The third-order valence-electron chi connectivity index (χ3n) is 4.14. The molecule has 1 saturated heterocycles. The summed E-state index contributed by atoms with van der Waals surface area (Å²) in [5, 5.41) is 0.793. The van der Waals surface area contributed by atoms with Crippen LogP contribution >= 0.6 is 27.5 Å². The Morgan fingerprint density at radius 2 is 2.25 bits per heavy atom. The molecule has 2 unspecified atom stereocenters. The molecule has 0 bridgehead atoms. The van der Waals surface area contributed by atoms with Crippen molar-refractivity contribution >= 4 is 27.5 Å². The third kappa shape index (κ3) is 3.74. The van der Waals surface area contributed by atoms with E-state index in [1.54, 1.807) is 0 Å². The first kappa shape index (κ1) is 16.2. The maximum Gasteiger partial charge on any atom is 0.0485 e. The number of benzene rings is 1. The fourth-order valence-corrected chi connectivity index (χ4v) is 3.73. The number of nitrogens with two attached hydrogens (primary N) is 1. The molecule has 1 aromatic carbocycles. The topological polar surface area (TPSA) is 32.5 Å². The van der Waals surface area contributed by atoms with Gasteiger partial charge in [-0.05, 0) is 51.2 Å². The van der Waals surface area contributed by atoms with Crippen LogP contribution in [-0.4, -0.2) is 49.6 Å². The van der Waals surface area contributed by atoms with Gasteiger partial charge in [-0.1, -0.05) is 33.6 Å². The minimum Gasteiger partial charge on any atom is -0.329 e. The Labute approximate surface area is 135 Å². The van der Waals surface area contributed by atoms with Gasteiger partial charge in [-0.2, -0.15) is 0 Å².